The second-order valence-corrected chi connectivity index (χ2v) is 4.55. The molecular weight excluding hydrogens is 200 g/mol. The summed E-state index contributed by atoms with van der Waals surface area (Å²) in [5, 5.41) is 14.3. The van der Waals surface area contributed by atoms with Crippen molar-refractivity contribution >= 4 is 10.9 Å². The molecule has 0 bridgehead atoms. The van der Waals surface area contributed by atoms with Crippen LogP contribution in [0.2, 0.25) is 0 Å². The van der Waals surface area contributed by atoms with Crippen molar-refractivity contribution in [3.8, 4) is 5.75 Å². The van der Waals surface area contributed by atoms with E-state index in [9.17, 15) is 5.11 Å². The predicted octanol–water partition coefficient (Wildman–Crippen LogP) is 2.09. The van der Waals surface area contributed by atoms with Gasteiger partial charge in [0.25, 0.3) is 0 Å². The van der Waals surface area contributed by atoms with Crippen molar-refractivity contribution in [1.29, 1.82) is 0 Å². The molecule has 1 unspecified atom stereocenters. The highest BCUT2D eigenvalue weighted by Gasteiger charge is 2.22. The van der Waals surface area contributed by atoms with E-state index in [0.29, 0.717) is 11.8 Å². The van der Waals surface area contributed by atoms with Crippen LogP contribution in [0.4, 0.5) is 0 Å². The molecule has 0 amide bonds. The summed E-state index contributed by atoms with van der Waals surface area (Å²) in [6.07, 6.45) is 1.04. The summed E-state index contributed by atoms with van der Waals surface area (Å²) in [4.78, 5) is 0. The molecule has 1 aromatic heterocycles. The molecule has 1 aliphatic rings. The van der Waals surface area contributed by atoms with Gasteiger partial charge in [0.2, 0.25) is 0 Å². The van der Waals surface area contributed by atoms with Gasteiger partial charge in [-0.1, -0.05) is 0 Å². The number of phenolic OH excluding ortho intramolecular Hbond substituents is 1. The topological polar surface area (TPSA) is 37.2 Å². The third kappa shape index (κ3) is 1.18. The molecule has 3 rings (SSSR count). The number of benzene rings is 1. The zero-order chi connectivity index (χ0) is 11.3. The van der Waals surface area contributed by atoms with Crippen LogP contribution in [0.15, 0.2) is 18.2 Å². The molecule has 0 saturated carbocycles. The van der Waals surface area contributed by atoms with Crippen LogP contribution in [0.3, 0.4) is 0 Å². The van der Waals surface area contributed by atoms with Gasteiger partial charge in [-0.15, -0.1) is 0 Å². The lowest BCUT2D eigenvalue weighted by molar-refractivity contribution is 0.476. The molecule has 3 heteroatoms. The Labute approximate surface area is 94.7 Å². The number of aryl methyl sites for hydroxylation is 1. The average molecular weight is 216 g/mol. The van der Waals surface area contributed by atoms with Crippen LogP contribution in [0, 0.1) is 0 Å². The van der Waals surface area contributed by atoms with Crippen LogP contribution in [0.5, 0.6) is 5.75 Å². The van der Waals surface area contributed by atoms with Crippen LogP contribution in [0.1, 0.15) is 24.2 Å². The molecule has 2 aromatic rings. The van der Waals surface area contributed by atoms with Crippen molar-refractivity contribution < 1.29 is 5.11 Å². The first-order valence-corrected chi connectivity index (χ1v) is 5.72. The molecule has 1 atom stereocenters. The van der Waals surface area contributed by atoms with Crippen LogP contribution >= 0.6 is 0 Å². The van der Waals surface area contributed by atoms with Gasteiger partial charge in [-0.2, -0.15) is 0 Å². The Bertz CT molecular complexity index is 557. The smallest absolute Gasteiger partial charge is 0.116 e. The molecule has 0 spiro atoms. The lowest BCUT2D eigenvalue weighted by Crippen LogP contribution is -2.28. The predicted molar refractivity (Wildman–Crippen MR) is 64.7 cm³/mol. The van der Waals surface area contributed by atoms with Gasteiger partial charge in [0.15, 0.2) is 0 Å². The number of nitrogens with zero attached hydrogens (tertiary/aromatic N) is 1. The fraction of sp³-hybridized carbons (Fsp3) is 0.385. The molecule has 0 saturated heterocycles. The van der Waals surface area contributed by atoms with Crippen molar-refractivity contribution in [2.24, 2.45) is 7.05 Å². The Balaban J connectivity index is 2.39. The van der Waals surface area contributed by atoms with Crippen molar-refractivity contribution in [3.05, 3.63) is 29.5 Å². The summed E-state index contributed by atoms with van der Waals surface area (Å²) in [6, 6.07) is 6.02. The number of aromatic nitrogens is 1. The van der Waals surface area contributed by atoms with Crippen molar-refractivity contribution in [2.45, 2.75) is 19.4 Å². The van der Waals surface area contributed by atoms with Crippen molar-refractivity contribution in [3.63, 3.8) is 0 Å². The molecule has 0 fully saturated rings. The molecule has 1 aliphatic heterocycles. The normalized spacial score (nSPS) is 20.0. The van der Waals surface area contributed by atoms with Crippen LogP contribution < -0.4 is 5.32 Å². The van der Waals surface area contributed by atoms with E-state index < -0.39 is 0 Å². The molecule has 2 heterocycles. The number of nitrogens with one attached hydrogen (secondary N) is 1. The fourth-order valence-electron chi connectivity index (χ4n) is 2.85. The Morgan fingerprint density at radius 1 is 1.44 bits per heavy atom. The lowest BCUT2D eigenvalue weighted by Gasteiger charge is -2.22. The number of aromatic hydroxyl groups is 1. The first-order chi connectivity index (χ1) is 7.68. The van der Waals surface area contributed by atoms with Gasteiger partial charge in [0.05, 0.1) is 0 Å². The standard InChI is InChI=1S/C13H16N2O/c1-8-13-10(5-6-14-8)11-7-9(16)3-4-12(11)15(13)2/h3-4,7-8,14,16H,5-6H2,1-2H3. The van der Waals surface area contributed by atoms with E-state index in [1.165, 1.54) is 22.2 Å². The second kappa shape index (κ2) is 3.25. The second-order valence-electron chi connectivity index (χ2n) is 4.55. The van der Waals surface area contributed by atoms with E-state index in [4.69, 9.17) is 0 Å². The van der Waals surface area contributed by atoms with E-state index in [1.807, 2.05) is 12.1 Å². The fourth-order valence-corrected chi connectivity index (χ4v) is 2.85. The average Bonchev–Trinajstić information content (AvgIpc) is 2.54. The van der Waals surface area contributed by atoms with Gasteiger partial charge in [0.1, 0.15) is 5.75 Å². The monoisotopic (exact) mass is 216 g/mol. The highest BCUT2D eigenvalue weighted by molar-refractivity contribution is 5.87. The van der Waals surface area contributed by atoms with Crippen LogP contribution in [-0.4, -0.2) is 16.2 Å². The van der Waals surface area contributed by atoms with Gasteiger partial charge in [-0.3, -0.25) is 0 Å². The Morgan fingerprint density at radius 3 is 3.06 bits per heavy atom. The number of fused-ring (bicyclic) bond motifs is 3. The molecule has 3 nitrogen and oxygen atoms in total. The molecule has 0 radical (unpaired) electrons. The van der Waals surface area contributed by atoms with Crippen LogP contribution in [0.25, 0.3) is 10.9 Å². The number of hydrogen-bond acceptors (Lipinski definition) is 2. The first kappa shape index (κ1) is 9.73. The summed E-state index contributed by atoms with van der Waals surface area (Å²) in [5.74, 6) is 0.354. The molecule has 1 aromatic carbocycles. The molecule has 0 aliphatic carbocycles. The van der Waals surface area contributed by atoms with Crippen molar-refractivity contribution in [1.82, 2.24) is 9.88 Å². The van der Waals surface area contributed by atoms with Gasteiger partial charge >= 0.3 is 0 Å². The Hall–Kier alpha value is -1.48. The third-order valence-electron chi connectivity index (χ3n) is 3.57. The highest BCUT2D eigenvalue weighted by Crippen LogP contribution is 2.33. The summed E-state index contributed by atoms with van der Waals surface area (Å²) >= 11 is 0. The van der Waals surface area contributed by atoms with E-state index in [0.717, 1.165) is 13.0 Å². The van der Waals surface area contributed by atoms with Crippen molar-refractivity contribution in [2.75, 3.05) is 6.54 Å². The van der Waals surface area contributed by atoms with E-state index >= 15 is 0 Å². The minimum atomic E-state index is 0.354. The van der Waals surface area contributed by atoms with E-state index in [-0.39, 0.29) is 0 Å². The Kier molecular flexibility index (Phi) is 1.98. The summed E-state index contributed by atoms with van der Waals surface area (Å²) in [5.41, 5.74) is 3.95. The molecule has 2 N–H and O–H groups in total. The first-order valence-electron chi connectivity index (χ1n) is 5.72. The van der Waals surface area contributed by atoms with Crippen LogP contribution in [-0.2, 0) is 13.5 Å². The lowest BCUT2D eigenvalue weighted by atomic mass is 10.0. The number of hydrogen-bond donors (Lipinski definition) is 2. The third-order valence-corrected chi connectivity index (χ3v) is 3.57. The number of rotatable bonds is 0. The summed E-state index contributed by atoms with van der Waals surface area (Å²) in [6.45, 7) is 3.21. The SMILES string of the molecule is CC1NCCc2c1n(C)c1ccc(O)cc21. The van der Waals surface area contributed by atoms with Gasteiger partial charge in [-0.25, -0.2) is 0 Å². The number of phenols is 1. The minimum Gasteiger partial charge on any atom is -0.508 e. The van der Waals surface area contributed by atoms with E-state index in [2.05, 4.69) is 23.9 Å². The Morgan fingerprint density at radius 2 is 2.25 bits per heavy atom. The molecule has 16 heavy (non-hydrogen) atoms. The van der Waals surface area contributed by atoms with Gasteiger partial charge < -0.3 is 15.0 Å². The zero-order valence-corrected chi connectivity index (χ0v) is 9.62. The maximum atomic E-state index is 9.58. The maximum absolute atomic E-state index is 9.58. The molecule has 84 valence electrons. The zero-order valence-electron chi connectivity index (χ0n) is 9.62. The van der Waals surface area contributed by atoms with Gasteiger partial charge in [0, 0.05) is 29.7 Å². The summed E-state index contributed by atoms with van der Waals surface area (Å²) < 4.78 is 2.24. The summed E-state index contributed by atoms with van der Waals surface area (Å²) in [7, 11) is 2.10. The maximum Gasteiger partial charge on any atom is 0.116 e. The highest BCUT2D eigenvalue weighted by atomic mass is 16.3. The quantitative estimate of drug-likeness (QED) is 0.707. The van der Waals surface area contributed by atoms with Gasteiger partial charge in [-0.05, 0) is 43.7 Å². The van der Waals surface area contributed by atoms with E-state index in [1.54, 1.807) is 6.07 Å². The molecular formula is C13H16N2O. The largest absolute Gasteiger partial charge is 0.508 e. The minimum absolute atomic E-state index is 0.354.